The molecule has 2 heteroatoms. The van der Waals surface area contributed by atoms with E-state index in [9.17, 15) is 0 Å². The monoisotopic (exact) mass is 255 g/mol. The molecule has 0 aliphatic carbocycles. The van der Waals surface area contributed by atoms with Crippen LogP contribution in [0.5, 0.6) is 0 Å². The second kappa shape index (κ2) is 18.6. The minimum atomic E-state index is 0.508. The van der Waals surface area contributed by atoms with E-state index in [4.69, 9.17) is 10.00 Å². The number of ether oxygens (including phenoxy) is 1. The van der Waals surface area contributed by atoms with E-state index in [1.54, 1.807) is 0 Å². The molecule has 0 aromatic carbocycles. The number of allylic oxidation sites excluding steroid dienone is 1. The van der Waals surface area contributed by atoms with Crippen molar-refractivity contribution in [3.63, 3.8) is 0 Å². The van der Waals surface area contributed by atoms with Gasteiger partial charge in [0.25, 0.3) is 0 Å². The van der Waals surface area contributed by atoms with Crippen molar-refractivity contribution in [2.75, 3.05) is 13.2 Å². The third kappa shape index (κ3) is 17.6. The molecule has 2 nitrogen and oxygen atoms in total. The first-order valence-electron chi connectivity index (χ1n) is 7.11. The molecule has 0 saturated carbocycles. The molecular weight excluding hydrogens is 222 g/mol. The molecule has 0 heterocycles. The molecule has 0 saturated heterocycles. The summed E-state index contributed by atoms with van der Waals surface area (Å²) in [5.41, 5.74) is 1.31. The zero-order valence-electron chi connectivity index (χ0n) is 13.5. The summed E-state index contributed by atoms with van der Waals surface area (Å²) in [4.78, 5) is 0. The van der Waals surface area contributed by atoms with E-state index in [-0.39, 0.29) is 0 Å². The summed E-state index contributed by atoms with van der Waals surface area (Å²) in [6, 6.07) is 1.98. The summed E-state index contributed by atoms with van der Waals surface area (Å²) in [6.45, 7) is 20.0. The van der Waals surface area contributed by atoms with E-state index in [1.165, 1.54) is 12.0 Å². The topological polar surface area (TPSA) is 33.0 Å². The Kier molecular flexibility index (Phi) is 23.1. The summed E-state index contributed by atoms with van der Waals surface area (Å²) in [5.74, 6) is 1.48. The van der Waals surface area contributed by atoms with Gasteiger partial charge in [-0.3, -0.25) is 0 Å². The van der Waals surface area contributed by atoms with Crippen LogP contribution >= 0.6 is 0 Å². The van der Waals surface area contributed by atoms with Crippen LogP contribution in [-0.4, -0.2) is 13.2 Å². The molecule has 0 bridgehead atoms. The van der Waals surface area contributed by atoms with E-state index >= 15 is 0 Å². The molecule has 0 spiro atoms. The summed E-state index contributed by atoms with van der Waals surface area (Å²) >= 11 is 0. The van der Waals surface area contributed by atoms with Gasteiger partial charge in [0, 0.05) is 6.61 Å². The second-order valence-electron chi connectivity index (χ2n) is 4.13. The quantitative estimate of drug-likeness (QED) is 0.482. The van der Waals surface area contributed by atoms with Crippen LogP contribution in [0.3, 0.4) is 0 Å². The third-order valence-electron chi connectivity index (χ3n) is 2.84. The van der Waals surface area contributed by atoms with Gasteiger partial charge in [0.15, 0.2) is 0 Å². The predicted octanol–water partition coefficient (Wildman–Crippen LogP) is 5.21. The minimum absolute atomic E-state index is 0.508. The first-order valence-corrected chi connectivity index (χ1v) is 7.11. The van der Waals surface area contributed by atoms with Gasteiger partial charge >= 0.3 is 0 Å². The van der Waals surface area contributed by atoms with Gasteiger partial charge in [-0.25, -0.2) is 0 Å². The fraction of sp³-hybridized carbons (Fsp3) is 0.812. The summed E-state index contributed by atoms with van der Waals surface area (Å²) in [5, 5.41) is 7.96. The zero-order chi connectivity index (χ0) is 15.0. The molecule has 0 aromatic rings. The number of rotatable bonds is 6. The van der Waals surface area contributed by atoms with E-state index < -0.39 is 0 Å². The summed E-state index contributed by atoms with van der Waals surface area (Å²) in [6.07, 6.45) is 1.77. The van der Waals surface area contributed by atoms with Crippen LogP contribution in [0.25, 0.3) is 0 Å². The van der Waals surface area contributed by atoms with Crippen LogP contribution in [0.4, 0.5) is 0 Å². The normalized spacial score (nSPS) is 11.9. The summed E-state index contributed by atoms with van der Waals surface area (Å²) < 4.78 is 4.85. The Morgan fingerprint density at radius 3 is 2.00 bits per heavy atom. The third-order valence-corrected chi connectivity index (χ3v) is 2.84. The van der Waals surface area contributed by atoms with Crippen LogP contribution < -0.4 is 0 Å². The lowest BCUT2D eigenvalue weighted by molar-refractivity contribution is 0.153. The van der Waals surface area contributed by atoms with Gasteiger partial charge in [-0.15, -0.1) is 0 Å². The van der Waals surface area contributed by atoms with Gasteiger partial charge < -0.3 is 4.74 Å². The fourth-order valence-corrected chi connectivity index (χ4v) is 1.10. The maximum atomic E-state index is 7.96. The van der Waals surface area contributed by atoms with Crippen molar-refractivity contribution in [2.45, 2.75) is 61.3 Å². The van der Waals surface area contributed by atoms with Gasteiger partial charge in [0.05, 0.1) is 19.1 Å². The second-order valence-corrected chi connectivity index (χ2v) is 4.13. The SMILES string of the molecule is C=C(C)C(C)C(C)CC.CC.CCOCCC#N. The van der Waals surface area contributed by atoms with E-state index in [0.29, 0.717) is 25.6 Å². The van der Waals surface area contributed by atoms with Crippen molar-refractivity contribution in [3.05, 3.63) is 12.2 Å². The Balaban J connectivity index is -0.000000225. The predicted molar refractivity (Wildman–Crippen MR) is 81.5 cm³/mol. The Labute approximate surface area is 115 Å². The number of nitriles is 1. The first-order chi connectivity index (χ1) is 8.51. The van der Waals surface area contributed by atoms with Crippen LogP contribution in [0.15, 0.2) is 12.2 Å². The smallest absolute Gasteiger partial charge is 0.0645 e. The van der Waals surface area contributed by atoms with Gasteiger partial charge in [-0.2, -0.15) is 5.26 Å². The molecule has 0 aliphatic heterocycles. The standard InChI is InChI=1S/C9H18.C5H9NO.C2H6/c1-6-8(4)9(5)7(2)3;1-2-7-5-3-4-6;1-2/h8-9H,2,6H2,1,3-5H3;2-3,5H2,1H3;1-2H3. The van der Waals surface area contributed by atoms with Crippen LogP contribution in [0.2, 0.25) is 0 Å². The zero-order valence-corrected chi connectivity index (χ0v) is 13.5. The first kappa shape index (κ1) is 22.4. The molecule has 18 heavy (non-hydrogen) atoms. The maximum absolute atomic E-state index is 7.96. The fourth-order valence-electron chi connectivity index (χ4n) is 1.10. The van der Waals surface area contributed by atoms with Crippen molar-refractivity contribution >= 4 is 0 Å². The summed E-state index contributed by atoms with van der Waals surface area (Å²) in [7, 11) is 0. The Bertz CT molecular complexity index is 206. The lowest BCUT2D eigenvalue weighted by Gasteiger charge is -2.17. The largest absolute Gasteiger partial charge is 0.381 e. The molecule has 0 radical (unpaired) electrons. The van der Waals surface area contributed by atoms with Crippen molar-refractivity contribution in [1.82, 2.24) is 0 Å². The van der Waals surface area contributed by atoms with Crippen LogP contribution in [-0.2, 0) is 4.74 Å². The highest BCUT2D eigenvalue weighted by Crippen LogP contribution is 2.20. The highest BCUT2D eigenvalue weighted by Gasteiger charge is 2.09. The van der Waals surface area contributed by atoms with Gasteiger partial charge in [-0.1, -0.05) is 53.2 Å². The van der Waals surface area contributed by atoms with E-state index in [0.717, 1.165) is 5.92 Å². The van der Waals surface area contributed by atoms with Crippen LogP contribution in [0.1, 0.15) is 61.3 Å². The molecule has 0 amide bonds. The minimum Gasteiger partial charge on any atom is -0.381 e. The Hall–Kier alpha value is -0.810. The van der Waals surface area contributed by atoms with Crippen LogP contribution in [0, 0.1) is 23.2 Å². The molecule has 0 aromatic heterocycles. The number of nitrogens with zero attached hydrogens (tertiary/aromatic N) is 1. The van der Waals surface area contributed by atoms with Gasteiger partial charge in [-0.05, 0) is 25.7 Å². The average molecular weight is 255 g/mol. The van der Waals surface area contributed by atoms with Gasteiger partial charge in [0.2, 0.25) is 0 Å². The molecule has 0 rings (SSSR count). The maximum Gasteiger partial charge on any atom is 0.0645 e. The molecule has 2 unspecified atom stereocenters. The highest BCUT2D eigenvalue weighted by atomic mass is 16.5. The van der Waals surface area contributed by atoms with E-state index in [1.807, 2.05) is 26.8 Å². The number of hydrogen-bond donors (Lipinski definition) is 0. The molecule has 0 aliphatic rings. The Morgan fingerprint density at radius 1 is 1.28 bits per heavy atom. The molecule has 0 fully saturated rings. The molecule has 0 N–H and O–H groups in total. The van der Waals surface area contributed by atoms with Crippen molar-refractivity contribution in [1.29, 1.82) is 5.26 Å². The lowest BCUT2D eigenvalue weighted by Crippen LogP contribution is -2.06. The molecule has 108 valence electrons. The highest BCUT2D eigenvalue weighted by molar-refractivity contribution is 4.95. The van der Waals surface area contributed by atoms with Crippen molar-refractivity contribution < 1.29 is 4.74 Å². The van der Waals surface area contributed by atoms with Gasteiger partial charge in [0.1, 0.15) is 0 Å². The molecular formula is C16H33NO. The van der Waals surface area contributed by atoms with Crippen molar-refractivity contribution in [2.24, 2.45) is 11.8 Å². The lowest BCUT2D eigenvalue weighted by atomic mass is 9.89. The van der Waals surface area contributed by atoms with E-state index in [2.05, 4.69) is 34.3 Å². The van der Waals surface area contributed by atoms with Crippen molar-refractivity contribution in [3.8, 4) is 6.07 Å². The average Bonchev–Trinajstić information content (AvgIpc) is 2.40. The number of hydrogen-bond acceptors (Lipinski definition) is 2. The molecule has 2 atom stereocenters. The Morgan fingerprint density at radius 2 is 1.78 bits per heavy atom.